The van der Waals surface area contributed by atoms with E-state index in [-0.39, 0.29) is 23.9 Å². The fourth-order valence-corrected chi connectivity index (χ4v) is 9.60. The summed E-state index contributed by atoms with van der Waals surface area (Å²) in [6.07, 6.45) is 6.21. The zero-order valence-corrected chi connectivity index (χ0v) is 25.5. The van der Waals surface area contributed by atoms with Crippen molar-refractivity contribution in [2.75, 3.05) is 13.2 Å². The minimum Gasteiger partial charge on any atom is -0.377 e. The number of aromatic nitrogens is 1. The Hall–Kier alpha value is -2.16. The number of carbonyl (C=O) groups is 1. The van der Waals surface area contributed by atoms with Crippen LogP contribution in [-0.4, -0.2) is 48.5 Å². The zero-order chi connectivity index (χ0) is 28.3. The van der Waals surface area contributed by atoms with Crippen LogP contribution >= 0.6 is 0 Å². The maximum Gasteiger partial charge on any atom is 0.253 e. The highest BCUT2D eigenvalue weighted by molar-refractivity contribution is 7.89. The Labute approximate surface area is 234 Å². The first kappa shape index (κ1) is 28.4. The molecule has 1 N–H and O–H groups in total. The highest BCUT2D eigenvalue weighted by Crippen LogP contribution is 2.49. The van der Waals surface area contributed by atoms with Crippen molar-refractivity contribution in [3.63, 3.8) is 0 Å². The van der Waals surface area contributed by atoms with Crippen molar-refractivity contribution in [3.05, 3.63) is 40.6 Å². The predicted molar refractivity (Wildman–Crippen MR) is 155 cm³/mol. The minimum atomic E-state index is -3.64. The lowest BCUT2D eigenvalue weighted by Crippen LogP contribution is -2.48. The predicted octanol–water partition coefficient (Wildman–Crippen LogP) is 5.94. The Bertz CT molecular complexity index is 1360. The number of carbonyl (C=O) groups excluding carboxylic acids is 1. The molecule has 39 heavy (non-hydrogen) atoms. The van der Waals surface area contributed by atoms with Crippen molar-refractivity contribution in [3.8, 4) is 11.3 Å². The molecule has 3 heterocycles. The quantitative estimate of drug-likeness (QED) is 0.458. The average molecular weight is 556 g/mol. The van der Waals surface area contributed by atoms with Crippen LogP contribution in [0.4, 0.5) is 0 Å². The van der Waals surface area contributed by atoms with Gasteiger partial charge in [-0.1, -0.05) is 33.1 Å². The SMILES string of the molecule is Cc1c(C(=O)NC2COC2)cc(-c2cc(C(C)C)c3c(c2)C(C)(C)N(C(C)C)S3(=O)=O)n1CC1CCCCC1. The number of benzene rings is 1. The van der Waals surface area contributed by atoms with Crippen LogP contribution in [0.3, 0.4) is 0 Å². The van der Waals surface area contributed by atoms with E-state index in [0.29, 0.717) is 29.6 Å². The number of amides is 1. The summed E-state index contributed by atoms with van der Waals surface area (Å²) in [4.78, 5) is 13.8. The molecule has 1 aromatic heterocycles. The third-order valence-corrected chi connectivity index (χ3v) is 11.3. The summed E-state index contributed by atoms with van der Waals surface area (Å²) >= 11 is 0. The monoisotopic (exact) mass is 555 g/mol. The molecule has 0 spiro atoms. The van der Waals surface area contributed by atoms with Gasteiger partial charge in [0.25, 0.3) is 5.91 Å². The van der Waals surface area contributed by atoms with E-state index in [0.717, 1.165) is 34.6 Å². The molecule has 1 saturated carbocycles. The summed E-state index contributed by atoms with van der Waals surface area (Å²) in [6, 6.07) is 6.06. The molecule has 8 heteroatoms. The van der Waals surface area contributed by atoms with Gasteiger partial charge in [-0.15, -0.1) is 0 Å². The summed E-state index contributed by atoms with van der Waals surface area (Å²) in [5, 5.41) is 3.12. The first-order chi connectivity index (χ1) is 18.3. The largest absolute Gasteiger partial charge is 0.377 e. The van der Waals surface area contributed by atoms with Gasteiger partial charge in [-0.3, -0.25) is 4.79 Å². The topological polar surface area (TPSA) is 80.6 Å². The molecule has 1 aromatic carbocycles. The van der Waals surface area contributed by atoms with Gasteiger partial charge in [-0.25, -0.2) is 8.42 Å². The average Bonchev–Trinajstić information content (AvgIpc) is 3.24. The molecule has 0 radical (unpaired) electrons. The van der Waals surface area contributed by atoms with E-state index in [4.69, 9.17) is 4.74 Å². The van der Waals surface area contributed by atoms with E-state index < -0.39 is 15.6 Å². The molecule has 0 atom stereocenters. The van der Waals surface area contributed by atoms with Crippen LogP contribution in [0.1, 0.15) is 107 Å². The van der Waals surface area contributed by atoms with Gasteiger partial charge in [0.05, 0.1) is 35.3 Å². The van der Waals surface area contributed by atoms with Gasteiger partial charge in [0.2, 0.25) is 10.0 Å². The van der Waals surface area contributed by atoms with Crippen molar-refractivity contribution >= 4 is 15.9 Å². The Kier molecular flexibility index (Phi) is 7.53. The standard InChI is InChI=1S/C31H45N3O4S/c1-19(2)25-13-23(14-27-29(25)39(36,37)34(20(3)4)31(27,6)7)28-15-26(30(35)32-24-17-38-18-24)21(5)33(28)16-22-11-9-8-10-12-22/h13-15,19-20,22,24H,8-12,16-18H2,1-7H3,(H,32,35). The second kappa shape index (κ2) is 10.3. The summed E-state index contributed by atoms with van der Waals surface area (Å²) in [6.45, 7) is 16.1. The lowest BCUT2D eigenvalue weighted by molar-refractivity contribution is -0.00347. The summed E-state index contributed by atoms with van der Waals surface area (Å²) in [7, 11) is -3.64. The molecular weight excluding hydrogens is 510 g/mol. The molecule has 0 bridgehead atoms. The third kappa shape index (κ3) is 4.87. The highest BCUT2D eigenvalue weighted by atomic mass is 32.2. The van der Waals surface area contributed by atoms with Gasteiger partial charge < -0.3 is 14.6 Å². The van der Waals surface area contributed by atoms with E-state index >= 15 is 0 Å². The first-order valence-electron chi connectivity index (χ1n) is 14.7. The Morgan fingerprint density at radius 1 is 1.08 bits per heavy atom. The van der Waals surface area contributed by atoms with Crippen LogP contribution in [0, 0.1) is 12.8 Å². The van der Waals surface area contributed by atoms with Gasteiger partial charge >= 0.3 is 0 Å². The number of hydrogen-bond acceptors (Lipinski definition) is 4. The molecular formula is C31H45N3O4S. The normalized spacial score (nSPS) is 21.4. The van der Waals surface area contributed by atoms with Crippen LogP contribution in [0.15, 0.2) is 23.1 Å². The van der Waals surface area contributed by atoms with Crippen LogP contribution in [0.2, 0.25) is 0 Å². The fraction of sp³-hybridized carbons (Fsp3) is 0.645. The lowest BCUT2D eigenvalue weighted by Gasteiger charge is -2.33. The molecule has 1 saturated heterocycles. The Morgan fingerprint density at radius 2 is 1.74 bits per heavy atom. The van der Waals surface area contributed by atoms with Gasteiger partial charge in [0.1, 0.15) is 0 Å². The van der Waals surface area contributed by atoms with E-state index in [1.807, 2.05) is 40.7 Å². The fourth-order valence-electron chi connectivity index (χ4n) is 6.97. The van der Waals surface area contributed by atoms with Crippen molar-refractivity contribution < 1.29 is 17.9 Å². The number of nitrogens with zero attached hydrogens (tertiary/aromatic N) is 2. The molecule has 3 aliphatic rings. The second-order valence-electron chi connectivity index (χ2n) is 12.9. The maximum absolute atomic E-state index is 13.9. The summed E-state index contributed by atoms with van der Waals surface area (Å²) < 4.78 is 37.0. The van der Waals surface area contributed by atoms with E-state index in [1.54, 1.807) is 4.31 Å². The van der Waals surface area contributed by atoms with Gasteiger partial charge in [0, 0.05) is 24.0 Å². The highest BCUT2D eigenvalue weighted by Gasteiger charge is 2.51. The molecule has 2 fully saturated rings. The zero-order valence-electron chi connectivity index (χ0n) is 24.6. The van der Waals surface area contributed by atoms with E-state index in [9.17, 15) is 13.2 Å². The van der Waals surface area contributed by atoms with Crippen molar-refractivity contribution in [2.45, 2.75) is 116 Å². The van der Waals surface area contributed by atoms with Gasteiger partial charge in [0.15, 0.2) is 0 Å². The summed E-state index contributed by atoms with van der Waals surface area (Å²) in [5.41, 5.74) is 4.65. The number of nitrogens with one attached hydrogen (secondary N) is 1. The molecule has 1 amide bonds. The Morgan fingerprint density at radius 3 is 2.31 bits per heavy atom. The number of hydrogen-bond donors (Lipinski definition) is 1. The maximum atomic E-state index is 13.9. The van der Waals surface area contributed by atoms with Gasteiger partial charge in [-0.2, -0.15) is 4.31 Å². The first-order valence-corrected chi connectivity index (χ1v) is 16.1. The molecule has 1 aliphatic carbocycles. The van der Waals surface area contributed by atoms with Crippen LogP contribution < -0.4 is 5.32 Å². The van der Waals surface area contributed by atoms with Gasteiger partial charge in [-0.05, 0) is 94.2 Å². The molecule has 5 rings (SSSR count). The molecule has 2 aliphatic heterocycles. The molecule has 0 unspecified atom stereocenters. The second-order valence-corrected chi connectivity index (χ2v) is 14.7. The number of ether oxygens (including phenoxy) is 1. The molecule has 214 valence electrons. The molecule has 2 aromatic rings. The lowest BCUT2D eigenvalue weighted by atomic mass is 9.87. The van der Waals surface area contributed by atoms with Crippen LogP contribution in [0.5, 0.6) is 0 Å². The number of rotatable bonds is 7. The van der Waals surface area contributed by atoms with Crippen molar-refractivity contribution in [2.24, 2.45) is 5.92 Å². The number of fused-ring (bicyclic) bond motifs is 1. The smallest absolute Gasteiger partial charge is 0.253 e. The number of sulfonamides is 1. The van der Waals surface area contributed by atoms with E-state index in [2.05, 4.69) is 35.9 Å². The van der Waals surface area contributed by atoms with Crippen LogP contribution in [0.25, 0.3) is 11.3 Å². The van der Waals surface area contributed by atoms with Crippen LogP contribution in [-0.2, 0) is 26.8 Å². The minimum absolute atomic E-state index is 0.0284. The van der Waals surface area contributed by atoms with Crippen molar-refractivity contribution in [1.82, 2.24) is 14.2 Å². The van der Waals surface area contributed by atoms with E-state index in [1.165, 1.54) is 32.1 Å². The van der Waals surface area contributed by atoms with Crippen molar-refractivity contribution in [1.29, 1.82) is 0 Å². The Balaban J connectivity index is 1.68. The summed E-state index contributed by atoms with van der Waals surface area (Å²) in [5.74, 6) is 0.538. The third-order valence-electron chi connectivity index (χ3n) is 8.98. The molecule has 7 nitrogen and oxygen atoms in total.